The number of ether oxygens (including phenoxy) is 1. The van der Waals surface area contributed by atoms with Crippen LogP contribution >= 0.6 is 11.3 Å². The average molecular weight is 289 g/mol. The van der Waals surface area contributed by atoms with Crippen LogP contribution in [0.4, 0.5) is 8.78 Å². The van der Waals surface area contributed by atoms with E-state index in [2.05, 4.69) is 4.98 Å². The minimum absolute atomic E-state index is 0.301. The SMILES string of the molecule is Fc1ccc(Oc2scnc2-c2ccc(F)cc2)cc1. The summed E-state index contributed by atoms with van der Waals surface area (Å²) in [6.07, 6.45) is 0. The van der Waals surface area contributed by atoms with E-state index in [4.69, 9.17) is 4.74 Å². The van der Waals surface area contributed by atoms with Crippen LogP contribution in [0.15, 0.2) is 54.0 Å². The Morgan fingerprint density at radius 1 is 0.850 bits per heavy atom. The van der Waals surface area contributed by atoms with Gasteiger partial charge in [0.25, 0.3) is 0 Å². The molecule has 100 valence electrons. The van der Waals surface area contributed by atoms with Crippen molar-refractivity contribution in [2.24, 2.45) is 0 Å². The molecule has 2 nitrogen and oxygen atoms in total. The second kappa shape index (κ2) is 5.38. The van der Waals surface area contributed by atoms with E-state index in [1.807, 2.05) is 0 Å². The first-order valence-corrected chi connectivity index (χ1v) is 6.73. The van der Waals surface area contributed by atoms with E-state index in [0.717, 1.165) is 5.56 Å². The van der Waals surface area contributed by atoms with Gasteiger partial charge in [-0.15, -0.1) is 0 Å². The Morgan fingerprint density at radius 3 is 2.10 bits per heavy atom. The van der Waals surface area contributed by atoms with Crippen molar-refractivity contribution in [1.82, 2.24) is 4.98 Å². The molecule has 0 saturated heterocycles. The standard InChI is InChI=1S/C15H9F2NOS/c16-11-3-1-10(2-4-11)14-15(20-9-18-14)19-13-7-5-12(17)6-8-13/h1-9H. The van der Waals surface area contributed by atoms with E-state index in [-0.39, 0.29) is 11.6 Å². The molecule has 2 aromatic carbocycles. The van der Waals surface area contributed by atoms with Gasteiger partial charge in [-0.25, -0.2) is 13.8 Å². The minimum Gasteiger partial charge on any atom is -0.444 e. The fourth-order valence-electron chi connectivity index (χ4n) is 1.72. The highest BCUT2D eigenvalue weighted by Crippen LogP contribution is 2.36. The van der Waals surface area contributed by atoms with Crippen LogP contribution < -0.4 is 4.74 Å². The van der Waals surface area contributed by atoms with Gasteiger partial charge in [-0.1, -0.05) is 11.3 Å². The van der Waals surface area contributed by atoms with Crippen LogP contribution in [-0.4, -0.2) is 4.98 Å². The molecule has 1 heterocycles. The van der Waals surface area contributed by atoms with Crippen molar-refractivity contribution < 1.29 is 13.5 Å². The van der Waals surface area contributed by atoms with Crippen LogP contribution in [0.1, 0.15) is 0 Å². The molecule has 0 aliphatic rings. The van der Waals surface area contributed by atoms with Gasteiger partial charge in [0, 0.05) is 5.56 Å². The number of aromatic nitrogens is 1. The zero-order valence-corrected chi connectivity index (χ0v) is 11.0. The molecule has 5 heteroatoms. The fraction of sp³-hybridized carbons (Fsp3) is 0. The molecule has 0 atom stereocenters. The molecule has 0 bridgehead atoms. The van der Waals surface area contributed by atoms with E-state index in [1.165, 1.54) is 35.6 Å². The first-order chi connectivity index (χ1) is 9.72. The monoisotopic (exact) mass is 289 g/mol. The zero-order valence-electron chi connectivity index (χ0n) is 10.2. The highest BCUT2D eigenvalue weighted by atomic mass is 32.1. The lowest BCUT2D eigenvalue weighted by molar-refractivity contribution is 0.494. The number of nitrogens with zero attached hydrogens (tertiary/aromatic N) is 1. The molecule has 0 amide bonds. The quantitative estimate of drug-likeness (QED) is 0.685. The summed E-state index contributed by atoms with van der Waals surface area (Å²) in [6, 6.07) is 11.8. The Hall–Kier alpha value is -2.27. The first-order valence-electron chi connectivity index (χ1n) is 5.85. The summed E-state index contributed by atoms with van der Waals surface area (Å²) in [5.74, 6) is -0.0931. The molecule has 20 heavy (non-hydrogen) atoms. The van der Waals surface area contributed by atoms with E-state index in [9.17, 15) is 8.78 Å². The van der Waals surface area contributed by atoms with Crippen molar-refractivity contribution >= 4 is 11.3 Å². The predicted molar refractivity (Wildman–Crippen MR) is 74.0 cm³/mol. The lowest BCUT2D eigenvalue weighted by Crippen LogP contribution is -1.86. The van der Waals surface area contributed by atoms with Crippen molar-refractivity contribution in [3.63, 3.8) is 0 Å². The van der Waals surface area contributed by atoms with E-state index in [1.54, 1.807) is 29.8 Å². The normalized spacial score (nSPS) is 10.5. The summed E-state index contributed by atoms with van der Waals surface area (Å²) in [5, 5.41) is 0.586. The second-order valence-electron chi connectivity index (χ2n) is 4.05. The Labute approximate surface area is 118 Å². The smallest absolute Gasteiger partial charge is 0.208 e. The highest BCUT2D eigenvalue weighted by Gasteiger charge is 2.11. The summed E-state index contributed by atoms with van der Waals surface area (Å²) >= 11 is 1.33. The Morgan fingerprint density at radius 2 is 1.45 bits per heavy atom. The Bertz CT molecular complexity index is 707. The predicted octanol–water partition coefficient (Wildman–Crippen LogP) is 4.88. The third kappa shape index (κ3) is 2.67. The minimum atomic E-state index is -0.319. The molecule has 0 aliphatic carbocycles. The second-order valence-corrected chi connectivity index (χ2v) is 4.87. The average Bonchev–Trinajstić information content (AvgIpc) is 2.90. The van der Waals surface area contributed by atoms with Gasteiger partial charge < -0.3 is 4.74 Å². The molecule has 0 spiro atoms. The molecule has 0 aliphatic heterocycles. The first kappa shape index (κ1) is 12.7. The molecule has 0 radical (unpaired) electrons. The zero-order chi connectivity index (χ0) is 13.9. The largest absolute Gasteiger partial charge is 0.444 e. The molecule has 3 rings (SSSR count). The number of rotatable bonds is 3. The molecule has 0 saturated carbocycles. The molecule has 1 aromatic heterocycles. The number of hydrogen-bond donors (Lipinski definition) is 0. The van der Waals surface area contributed by atoms with Crippen LogP contribution in [0, 0.1) is 11.6 Å². The van der Waals surface area contributed by atoms with Crippen molar-refractivity contribution in [3.05, 3.63) is 65.7 Å². The maximum absolute atomic E-state index is 12.9. The van der Waals surface area contributed by atoms with Crippen LogP contribution in [-0.2, 0) is 0 Å². The molecular weight excluding hydrogens is 280 g/mol. The van der Waals surface area contributed by atoms with Gasteiger partial charge >= 0.3 is 0 Å². The van der Waals surface area contributed by atoms with Gasteiger partial charge in [0.1, 0.15) is 23.1 Å². The van der Waals surface area contributed by atoms with Gasteiger partial charge in [0.05, 0.1) is 5.51 Å². The maximum Gasteiger partial charge on any atom is 0.208 e. The van der Waals surface area contributed by atoms with Crippen molar-refractivity contribution in [1.29, 1.82) is 0 Å². The van der Waals surface area contributed by atoms with Gasteiger partial charge in [0.15, 0.2) is 0 Å². The number of halogens is 2. The molecule has 3 aromatic rings. The number of hydrogen-bond acceptors (Lipinski definition) is 3. The third-order valence-electron chi connectivity index (χ3n) is 2.68. The Kier molecular flexibility index (Phi) is 3.43. The number of thiazole rings is 1. The summed E-state index contributed by atoms with van der Waals surface area (Å²) in [7, 11) is 0. The molecule has 0 fully saturated rings. The van der Waals surface area contributed by atoms with E-state index < -0.39 is 0 Å². The summed E-state index contributed by atoms with van der Waals surface area (Å²) in [4.78, 5) is 4.23. The maximum atomic E-state index is 12.9. The lowest BCUT2D eigenvalue weighted by atomic mass is 10.2. The third-order valence-corrected chi connectivity index (χ3v) is 3.38. The number of benzene rings is 2. The molecular formula is C15H9F2NOS. The van der Waals surface area contributed by atoms with Gasteiger partial charge in [-0.05, 0) is 48.5 Å². The van der Waals surface area contributed by atoms with Crippen molar-refractivity contribution in [3.8, 4) is 22.1 Å². The summed E-state index contributed by atoms with van der Waals surface area (Å²) in [6.45, 7) is 0. The van der Waals surface area contributed by atoms with Crippen molar-refractivity contribution in [2.75, 3.05) is 0 Å². The topological polar surface area (TPSA) is 22.1 Å². The van der Waals surface area contributed by atoms with E-state index in [0.29, 0.717) is 16.5 Å². The van der Waals surface area contributed by atoms with Crippen LogP contribution in [0.25, 0.3) is 11.3 Å². The lowest BCUT2D eigenvalue weighted by Gasteiger charge is -2.05. The molecule has 0 unspecified atom stereocenters. The highest BCUT2D eigenvalue weighted by molar-refractivity contribution is 7.12. The van der Waals surface area contributed by atoms with Crippen molar-refractivity contribution in [2.45, 2.75) is 0 Å². The van der Waals surface area contributed by atoms with Crippen LogP contribution in [0.3, 0.4) is 0 Å². The summed E-state index contributed by atoms with van der Waals surface area (Å²) in [5.41, 5.74) is 3.06. The van der Waals surface area contributed by atoms with Gasteiger partial charge in [-0.3, -0.25) is 0 Å². The summed E-state index contributed by atoms with van der Waals surface area (Å²) < 4.78 is 31.5. The van der Waals surface area contributed by atoms with Gasteiger partial charge in [-0.2, -0.15) is 0 Å². The van der Waals surface area contributed by atoms with Crippen LogP contribution in [0.5, 0.6) is 10.8 Å². The Balaban J connectivity index is 1.90. The van der Waals surface area contributed by atoms with E-state index >= 15 is 0 Å². The molecule has 0 N–H and O–H groups in total. The van der Waals surface area contributed by atoms with Crippen LogP contribution in [0.2, 0.25) is 0 Å². The fourth-order valence-corrected chi connectivity index (χ4v) is 2.40. The van der Waals surface area contributed by atoms with Gasteiger partial charge in [0.2, 0.25) is 5.06 Å².